The molecule has 1 aromatic carbocycles. The minimum absolute atomic E-state index is 0.0651. The summed E-state index contributed by atoms with van der Waals surface area (Å²) >= 11 is 7.65. The number of amides is 2. The summed E-state index contributed by atoms with van der Waals surface area (Å²) in [6.07, 6.45) is 0.967. The summed E-state index contributed by atoms with van der Waals surface area (Å²) in [4.78, 5) is 23.7. The molecule has 10 heteroatoms. The minimum atomic E-state index is -0.523. The standard InChI is InChI=1S/C23H22ClN7OS/c1-23(2)18-14(11-31(23)22(32)26-16-10-13(16)12-6-4-3-5-7-12)19(30-29-18)27-20-17-15(8-9-33-17)25-21(24)28-20/h3-9,13,16H,10-11H2,1-2H3,(H,26,32)(H2,25,27,28,29,30)/t13?,16-/m0/s1. The van der Waals surface area contributed by atoms with E-state index in [1.54, 1.807) is 0 Å². The van der Waals surface area contributed by atoms with E-state index in [1.165, 1.54) is 16.9 Å². The van der Waals surface area contributed by atoms with E-state index in [-0.39, 0.29) is 17.4 Å². The van der Waals surface area contributed by atoms with Crippen LogP contribution < -0.4 is 10.6 Å². The quantitative estimate of drug-likeness (QED) is 0.352. The van der Waals surface area contributed by atoms with Crippen LogP contribution in [0.4, 0.5) is 16.4 Å². The molecule has 2 atom stereocenters. The summed E-state index contributed by atoms with van der Waals surface area (Å²) in [5, 5.41) is 16.3. The molecule has 0 bridgehead atoms. The van der Waals surface area contributed by atoms with Crippen LogP contribution in [-0.2, 0) is 12.1 Å². The number of rotatable bonds is 4. The molecule has 8 nitrogen and oxygen atoms in total. The van der Waals surface area contributed by atoms with Gasteiger partial charge in [-0.3, -0.25) is 5.10 Å². The number of nitrogens with zero attached hydrogens (tertiary/aromatic N) is 4. The Balaban J connectivity index is 1.21. The number of H-pyrrole nitrogens is 1. The average molecular weight is 480 g/mol. The zero-order valence-electron chi connectivity index (χ0n) is 18.1. The number of fused-ring (bicyclic) bond motifs is 2. The van der Waals surface area contributed by atoms with E-state index >= 15 is 0 Å². The molecule has 0 spiro atoms. The van der Waals surface area contributed by atoms with Crippen molar-refractivity contribution in [3.05, 3.63) is 63.9 Å². The summed E-state index contributed by atoms with van der Waals surface area (Å²) in [7, 11) is 0. The normalized spacial score (nSPS) is 20.6. The molecular formula is C23H22ClN7OS. The molecule has 33 heavy (non-hydrogen) atoms. The highest BCUT2D eigenvalue weighted by molar-refractivity contribution is 7.17. The summed E-state index contributed by atoms with van der Waals surface area (Å²) in [5.74, 6) is 1.64. The minimum Gasteiger partial charge on any atom is -0.335 e. The molecule has 1 aliphatic heterocycles. The molecule has 0 radical (unpaired) electrons. The van der Waals surface area contributed by atoms with Crippen molar-refractivity contribution in [2.75, 3.05) is 5.32 Å². The second-order valence-corrected chi connectivity index (χ2v) is 10.2. The van der Waals surface area contributed by atoms with Crippen molar-refractivity contribution in [2.24, 2.45) is 0 Å². The highest BCUT2D eigenvalue weighted by Crippen LogP contribution is 2.44. The van der Waals surface area contributed by atoms with Crippen LogP contribution in [0, 0.1) is 0 Å². The van der Waals surface area contributed by atoms with Gasteiger partial charge in [-0.15, -0.1) is 11.3 Å². The van der Waals surface area contributed by atoms with Gasteiger partial charge in [-0.2, -0.15) is 10.1 Å². The maximum absolute atomic E-state index is 13.2. The van der Waals surface area contributed by atoms with E-state index in [1.807, 2.05) is 48.4 Å². The van der Waals surface area contributed by atoms with Crippen molar-refractivity contribution in [2.45, 2.75) is 44.3 Å². The zero-order valence-corrected chi connectivity index (χ0v) is 19.7. The van der Waals surface area contributed by atoms with E-state index in [9.17, 15) is 4.79 Å². The first-order chi connectivity index (χ1) is 15.9. The van der Waals surface area contributed by atoms with Crippen LogP contribution in [0.2, 0.25) is 5.28 Å². The molecule has 2 aliphatic rings. The lowest BCUT2D eigenvalue weighted by Crippen LogP contribution is -2.47. The van der Waals surface area contributed by atoms with Gasteiger partial charge in [0.05, 0.1) is 28.0 Å². The first-order valence-electron chi connectivity index (χ1n) is 10.8. The molecule has 3 aromatic heterocycles. The number of benzene rings is 1. The maximum Gasteiger partial charge on any atom is 0.318 e. The highest BCUT2D eigenvalue weighted by atomic mass is 35.5. The Hall–Kier alpha value is -3.17. The molecule has 3 N–H and O–H groups in total. The van der Waals surface area contributed by atoms with Gasteiger partial charge in [-0.25, -0.2) is 9.78 Å². The molecule has 1 unspecified atom stereocenters. The second kappa shape index (κ2) is 7.43. The van der Waals surface area contributed by atoms with Crippen molar-refractivity contribution >= 4 is 50.8 Å². The number of nitrogens with one attached hydrogen (secondary N) is 3. The number of aromatic amines is 1. The Morgan fingerprint density at radius 1 is 1.21 bits per heavy atom. The van der Waals surface area contributed by atoms with Gasteiger partial charge in [0.2, 0.25) is 5.28 Å². The fraction of sp³-hybridized carbons (Fsp3) is 0.304. The Morgan fingerprint density at radius 2 is 2.03 bits per heavy atom. The summed E-state index contributed by atoms with van der Waals surface area (Å²) in [6.45, 7) is 4.50. The number of thiophene rings is 1. The largest absolute Gasteiger partial charge is 0.335 e. The van der Waals surface area contributed by atoms with Crippen LogP contribution in [0.3, 0.4) is 0 Å². The number of hydrogen-bond donors (Lipinski definition) is 3. The first kappa shape index (κ1) is 20.4. The molecule has 1 saturated carbocycles. The number of anilines is 2. The van der Waals surface area contributed by atoms with E-state index in [2.05, 4.69) is 42.9 Å². The third kappa shape index (κ3) is 3.43. The lowest BCUT2D eigenvalue weighted by molar-refractivity contribution is 0.142. The lowest BCUT2D eigenvalue weighted by atomic mass is 10.0. The smallest absolute Gasteiger partial charge is 0.318 e. The van der Waals surface area contributed by atoms with Crippen molar-refractivity contribution in [1.82, 2.24) is 30.4 Å². The van der Waals surface area contributed by atoms with Gasteiger partial charge < -0.3 is 15.5 Å². The fourth-order valence-corrected chi connectivity index (χ4v) is 5.59. The Kier molecular flexibility index (Phi) is 4.60. The van der Waals surface area contributed by atoms with Crippen LogP contribution in [0.5, 0.6) is 0 Å². The van der Waals surface area contributed by atoms with Gasteiger partial charge in [0.1, 0.15) is 0 Å². The zero-order chi connectivity index (χ0) is 22.7. The average Bonchev–Trinajstić information content (AvgIpc) is 3.09. The number of carbonyl (C=O) groups excluding carboxylic acids is 1. The topological polar surface area (TPSA) is 98.8 Å². The Bertz CT molecular complexity index is 1370. The molecule has 1 aliphatic carbocycles. The molecular weight excluding hydrogens is 458 g/mol. The van der Waals surface area contributed by atoms with Crippen LogP contribution in [0.25, 0.3) is 10.2 Å². The summed E-state index contributed by atoms with van der Waals surface area (Å²) in [6, 6.07) is 12.3. The molecule has 6 rings (SSSR count). The number of aromatic nitrogens is 4. The van der Waals surface area contributed by atoms with Crippen molar-refractivity contribution in [3.63, 3.8) is 0 Å². The van der Waals surface area contributed by atoms with E-state index in [4.69, 9.17) is 11.6 Å². The third-order valence-electron chi connectivity index (χ3n) is 6.56. The third-order valence-corrected chi connectivity index (χ3v) is 7.63. The van der Waals surface area contributed by atoms with Gasteiger partial charge in [0, 0.05) is 17.5 Å². The van der Waals surface area contributed by atoms with Crippen molar-refractivity contribution < 1.29 is 4.79 Å². The maximum atomic E-state index is 13.2. The molecule has 4 heterocycles. The monoisotopic (exact) mass is 479 g/mol. The SMILES string of the molecule is CC1(C)c2[nH]nc(Nc3nc(Cl)nc4ccsc34)c2CN1C(=O)N[C@H]1CC1c1ccccc1. The lowest BCUT2D eigenvalue weighted by Gasteiger charge is -2.32. The Labute approximate surface area is 199 Å². The number of hydrogen-bond acceptors (Lipinski definition) is 6. The predicted octanol–water partition coefficient (Wildman–Crippen LogP) is 5.13. The van der Waals surface area contributed by atoms with Gasteiger partial charge in [0.25, 0.3) is 0 Å². The van der Waals surface area contributed by atoms with Crippen molar-refractivity contribution in [3.8, 4) is 0 Å². The van der Waals surface area contributed by atoms with Gasteiger partial charge in [-0.1, -0.05) is 30.3 Å². The van der Waals surface area contributed by atoms with Gasteiger partial charge in [0.15, 0.2) is 11.6 Å². The van der Waals surface area contributed by atoms with E-state index in [0.717, 1.165) is 27.9 Å². The van der Waals surface area contributed by atoms with Crippen LogP contribution in [-0.4, -0.2) is 37.1 Å². The Morgan fingerprint density at radius 3 is 2.85 bits per heavy atom. The number of urea groups is 1. The number of halogens is 1. The van der Waals surface area contributed by atoms with Gasteiger partial charge >= 0.3 is 6.03 Å². The predicted molar refractivity (Wildman–Crippen MR) is 129 cm³/mol. The van der Waals surface area contributed by atoms with Crippen LogP contribution in [0.15, 0.2) is 41.8 Å². The summed E-state index contributed by atoms with van der Waals surface area (Å²) < 4.78 is 0.906. The molecule has 168 valence electrons. The van der Waals surface area contributed by atoms with Crippen LogP contribution in [0.1, 0.15) is 43.0 Å². The fourth-order valence-electron chi connectivity index (χ4n) is 4.64. The first-order valence-corrected chi connectivity index (χ1v) is 12.1. The molecule has 4 aromatic rings. The van der Waals surface area contributed by atoms with Gasteiger partial charge in [-0.05, 0) is 48.9 Å². The van der Waals surface area contributed by atoms with Crippen LogP contribution >= 0.6 is 22.9 Å². The van der Waals surface area contributed by atoms with Crippen molar-refractivity contribution in [1.29, 1.82) is 0 Å². The number of carbonyl (C=O) groups is 1. The molecule has 0 saturated heterocycles. The summed E-state index contributed by atoms with van der Waals surface area (Å²) in [5.41, 5.74) is 3.40. The molecule has 2 amide bonds. The second-order valence-electron chi connectivity index (χ2n) is 8.98. The highest BCUT2D eigenvalue weighted by Gasteiger charge is 2.46. The molecule has 1 fully saturated rings. The van der Waals surface area contributed by atoms with E-state index in [0.29, 0.717) is 24.1 Å². The van der Waals surface area contributed by atoms with E-state index < -0.39 is 5.54 Å².